The van der Waals surface area contributed by atoms with Crippen molar-refractivity contribution in [2.24, 2.45) is 0 Å². The van der Waals surface area contributed by atoms with Gasteiger partial charge in [0.25, 0.3) is 0 Å². The highest BCUT2D eigenvalue weighted by atomic mass is 32.1. The highest BCUT2D eigenvalue weighted by molar-refractivity contribution is 7.16. The van der Waals surface area contributed by atoms with Crippen molar-refractivity contribution in [3.63, 3.8) is 0 Å². The predicted octanol–water partition coefficient (Wildman–Crippen LogP) is 6.44. The number of hydrogen-bond acceptors (Lipinski definition) is 6. The van der Waals surface area contributed by atoms with E-state index in [0.717, 1.165) is 44.0 Å². The summed E-state index contributed by atoms with van der Waals surface area (Å²) in [6, 6.07) is 19.4. The first-order valence-corrected chi connectivity index (χ1v) is 11.1. The van der Waals surface area contributed by atoms with Crippen molar-refractivity contribution in [2.45, 2.75) is 19.9 Å². The third-order valence-corrected chi connectivity index (χ3v) is 6.07. The summed E-state index contributed by atoms with van der Waals surface area (Å²) in [5.41, 5.74) is 7.55. The van der Waals surface area contributed by atoms with Gasteiger partial charge in [-0.05, 0) is 54.8 Å². The van der Waals surface area contributed by atoms with E-state index in [1.165, 1.54) is 12.3 Å². The summed E-state index contributed by atoms with van der Waals surface area (Å²) in [7, 11) is 0. The third-order valence-electron chi connectivity index (χ3n) is 5.28. The van der Waals surface area contributed by atoms with Crippen molar-refractivity contribution in [3.8, 4) is 22.4 Å². The van der Waals surface area contributed by atoms with Gasteiger partial charge in [0.15, 0.2) is 0 Å². The number of aromatic nitrogens is 4. The summed E-state index contributed by atoms with van der Waals surface area (Å²) < 4.78 is 14.7. The van der Waals surface area contributed by atoms with Gasteiger partial charge in [0.05, 0.1) is 21.4 Å². The quantitative estimate of drug-likeness (QED) is 0.318. The summed E-state index contributed by atoms with van der Waals surface area (Å²) in [4.78, 5) is 17.2. The fourth-order valence-corrected chi connectivity index (χ4v) is 4.40. The predicted molar refractivity (Wildman–Crippen MR) is 127 cm³/mol. The van der Waals surface area contributed by atoms with Gasteiger partial charge in [-0.1, -0.05) is 24.3 Å². The van der Waals surface area contributed by atoms with Crippen molar-refractivity contribution in [1.29, 1.82) is 0 Å². The molecule has 3 heterocycles. The van der Waals surface area contributed by atoms with Crippen LogP contribution in [0.1, 0.15) is 24.4 Å². The summed E-state index contributed by atoms with van der Waals surface area (Å²) in [5.74, 6) is 0.965. The Bertz CT molecular complexity index is 1410. The molecule has 0 spiro atoms. The largest absolute Gasteiger partial charge is 0.363 e. The number of fused-ring (bicyclic) bond motifs is 1. The van der Waals surface area contributed by atoms with Crippen LogP contribution in [0, 0.1) is 12.9 Å². The van der Waals surface area contributed by atoms with Crippen LogP contribution >= 0.6 is 11.3 Å². The first-order valence-electron chi connectivity index (χ1n) is 10.2. The number of hydrogen-bond donors (Lipinski definition) is 1. The maximum Gasteiger partial charge on any atom is 0.213 e. The molecule has 0 unspecified atom stereocenters. The number of nitrogens with zero attached hydrogens (tertiary/aromatic N) is 4. The molecule has 1 atom stereocenters. The lowest BCUT2D eigenvalue weighted by Gasteiger charge is -2.17. The van der Waals surface area contributed by atoms with E-state index in [0.29, 0.717) is 5.82 Å². The molecule has 158 valence electrons. The number of nitrogens with one attached hydrogen (secondary N) is 1. The van der Waals surface area contributed by atoms with E-state index in [-0.39, 0.29) is 6.04 Å². The Kier molecular flexibility index (Phi) is 5.33. The number of benzene rings is 2. The van der Waals surface area contributed by atoms with E-state index in [1.54, 1.807) is 17.4 Å². The minimum Gasteiger partial charge on any atom is -0.363 e. The number of rotatable bonds is 5. The van der Waals surface area contributed by atoms with Crippen LogP contribution in [0.4, 0.5) is 10.2 Å². The molecule has 0 aliphatic rings. The van der Waals surface area contributed by atoms with Gasteiger partial charge in [0.1, 0.15) is 11.6 Å². The van der Waals surface area contributed by atoms with Crippen molar-refractivity contribution in [1.82, 2.24) is 19.9 Å². The lowest BCUT2D eigenvalue weighted by atomic mass is 10.0. The molecule has 5 nitrogen and oxygen atoms in total. The topological polar surface area (TPSA) is 63.6 Å². The molecule has 0 bridgehead atoms. The Balaban J connectivity index is 1.42. The van der Waals surface area contributed by atoms with Gasteiger partial charge in [-0.25, -0.2) is 19.9 Å². The Labute approximate surface area is 189 Å². The minimum atomic E-state index is -0.486. The van der Waals surface area contributed by atoms with Crippen LogP contribution < -0.4 is 5.32 Å². The second kappa shape index (κ2) is 8.43. The molecule has 0 aliphatic carbocycles. The van der Waals surface area contributed by atoms with Gasteiger partial charge < -0.3 is 5.32 Å². The van der Waals surface area contributed by atoms with Crippen molar-refractivity contribution in [2.75, 3.05) is 5.32 Å². The zero-order chi connectivity index (χ0) is 22.1. The fraction of sp³-hybridized carbons (Fsp3) is 0.120. The average Bonchev–Trinajstić information content (AvgIpc) is 3.27. The molecule has 1 N–H and O–H groups in total. The second-order valence-electron chi connectivity index (χ2n) is 7.58. The van der Waals surface area contributed by atoms with E-state index < -0.39 is 5.95 Å². The summed E-state index contributed by atoms with van der Waals surface area (Å²) >= 11 is 1.62. The number of aryl methyl sites for hydroxylation is 1. The third kappa shape index (κ3) is 4.20. The van der Waals surface area contributed by atoms with Gasteiger partial charge in [-0.15, -0.1) is 11.3 Å². The first-order chi connectivity index (χ1) is 15.5. The van der Waals surface area contributed by atoms with Gasteiger partial charge in [0, 0.05) is 29.9 Å². The van der Waals surface area contributed by atoms with E-state index in [1.807, 2.05) is 48.8 Å². The second-order valence-corrected chi connectivity index (χ2v) is 8.47. The van der Waals surface area contributed by atoms with Gasteiger partial charge in [0.2, 0.25) is 5.95 Å². The smallest absolute Gasteiger partial charge is 0.213 e. The van der Waals surface area contributed by atoms with Crippen LogP contribution in [-0.4, -0.2) is 19.9 Å². The number of halogens is 1. The molecule has 0 amide bonds. The molecule has 0 aliphatic heterocycles. The van der Waals surface area contributed by atoms with Gasteiger partial charge >= 0.3 is 0 Å². The van der Waals surface area contributed by atoms with Gasteiger partial charge in [-0.2, -0.15) is 4.39 Å². The van der Waals surface area contributed by atoms with Crippen LogP contribution in [0.15, 0.2) is 72.4 Å². The molecular formula is C25H20FN5S. The highest BCUT2D eigenvalue weighted by Crippen LogP contribution is 2.28. The van der Waals surface area contributed by atoms with Gasteiger partial charge in [-0.3, -0.25) is 0 Å². The first kappa shape index (κ1) is 20.2. The van der Waals surface area contributed by atoms with Crippen LogP contribution in [0.2, 0.25) is 0 Å². The van der Waals surface area contributed by atoms with Crippen LogP contribution in [0.25, 0.3) is 32.6 Å². The lowest BCUT2D eigenvalue weighted by Crippen LogP contribution is -2.09. The highest BCUT2D eigenvalue weighted by Gasteiger charge is 2.11. The molecule has 32 heavy (non-hydrogen) atoms. The monoisotopic (exact) mass is 441 g/mol. The number of pyridine rings is 1. The lowest BCUT2D eigenvalue weighted by molar-refractivity contribution is 0.584. The molecule has 5 aromatic rings. The Morgan fingerprint density at radius 3 is 2.66 bits per heavy atom. The standard InChI is InChI=1S/C25H20FN5S/c1-15(17-4-3-5-18(10-17)19-8-9-27-24(26)12-19)29-25-13-22(30-16(2)31-25)20-6-7-21-23(11-20)32-14-28-21/h3-15H,1-2H3,(H,29,30,31)/t15-/m0/s1. The summed E-state index contributed by atoms with van der Waals surface area (Å²) in [6.45, 7) is 3.97. The normalized spacial score (nSPS) is 12.1. The van der Waals surface area contributed by atoms with Crippen LogP contribution in [0.3, 0.4) is 0 Å². The Morgan fingerprint density at radius 1 is 0.906 bits per heavy atom. The Hall–Kier alpha value is -3.71. The zero-order valence-electron chi connectivity index (χ0n) is 17.6. The fourth-order valence-electron chi connectivity index (χ4n) is 3.68. The average molecular weight is 442 g/mol. The van der Waals surface area contributed by atoms with E-state index in [2.05, 4.69) is 44.3 Å². The van der Waals surface area contributed by atoms with Crippen LogP contribution in [-0.2, 0) is 0 Å². The maximum atomic E-state index is 13.5. The zero-order valence-corrected chi connectivity index (χ0v) is 18.4. The van der Waals surface area contributed by atoms with E-state index >= 15 is 0 Å². The minimum absolute atomic E-state index is 0.00670. The van der Waals surface area contributed by atoms with Crippen LogP contribution in [0.5, 0.6) is 0 Å². The van der Waals surface area contributed by atoms with Crippen molar-refractivity contribution >= 4 is 27.4 Å². The Morgan fingerprint density at radius 2 is 1.78 bits per heavy atom. The van der Waals surface area contributed by atoms with Crippen molar-refractivity contribution < 1.29 is 4.39 Å². The molecular weight excluding hydrogens is 421 g/mol. The maximum absolute atomic E-state index is 13.5. The summed E-state index contributed by atoms with van der Waals surface area (Å²) in [5, 5.41) is 3.48. The molecule has 5 rings (SSSR count). The molecule has 0 fully saturated rings. The number of anilines is 1. The molecule has 0 saturated carbocycles. The van der Waals surface area contributed by atoms with E-state index in [4.69, 9.17) is 0 Å². The molecule has 7 heteroatoms. The summed E-state index contributed by atoms with van der Waals surface area (Å²) in [6.07, 6.45) is 1.48. The molecule has 0 saturated heterocycles. The molecule has 2 aromatic carbocycles. The molecule has 0 radical (unpaired) electrons. The molecule has 3 aromatic heterocycles. The number of thiazole rings is 1. The SMILES string of the molecule is Cc1nc(N[C@@H](C)c2cccc(-c3ccnc(F)c3)c2)cc(-c2ccc3ncsc3c2)n1. The van der Waals surface area contributed by atoms with Crippen molar-refractivity contribution in [3.05, 3.63) is 89.7 Å². The van der Waals surface area contributed by atoms with E-state index in [9.17, 15) is 4.39 Å².